The van der Waals surface area contributed by atoms with Crippen LogP contribution in [-0.2, 0) is 4.79 Å². The van der Waals surface area contributed by atoms with Gasteiger partial charge in [0.2, 0.25) is 5.91 Å². The van der Waals surface area contributed by atoms with E-state index in [2.05, 4.69) is 34.4 Å². The summed E-state index contributed by atoms with van der Waals surface area (Å²) in [6.45, 7) is 8.85. The van der Waals surface area contributed by atoms with E-state index in [4.69, 9.17) is 5.73 Å². The minimum absolute atomic E-state index is 0.0461. The molecule has 1 rings (SSSR count). The molecule has 0 bridgehead atoms. The van der Waals surface area contributed by atoms with Crippen molar-refractivity contribution in [2.75, 3.05) is 43.4 Å². The molecule has 0 unspecified atom stereocenters. The largest absolute Gasteiger partial charge is 0.383 e. The Bertz CT molecular complexity index is 403. The van der Waals surface area contributed by atoms with E-state index in [9.17, 15) is 4.79 Å². The first-order valence-electron chi connectivity index (χ1n) is 7.61. The molecule has 0 fully saturated rings. The van der Waals surface area contributed by atoms with E-state index in [1.165, 1.54) is 0 Å². The standard InChI is InChI=1S/C15H27N5O/c1-3-20(4-2)11-10-17-13-7-8-14(18-12-13)19-15(21)6-5-9-16/h7-8,12,17H,3-6,9-11,16H2,1-2H3,(H,18,19,21). The van der Waals surface area contributed by atoms with Gasteiger partial charge in [0.1, 0.15) is 5.82 Å². The molecule has 1 heterocycles. The van der Waals surface area contributed by atoms with Crippen LogP contribution in [0.15, 0.2) is 18.3 Å². The summed E-state index contributed by atoms with van der Waals surface area (Å²) in [5, 5.41) is 6.08. The molecule has 0 spiro atoms. The molecule has 0 atom stereocenters. The highest BCUT2D eigenvalue weighted by Crippen LogP contribution is 2.09. The van der Waals surface area contributed by atoms with E-state index < -0.39 is 0 Å². The van der Waals surface area contributed by atoms with Gasteiger partial charge in [0.15, 0.2) is 0 Å². The molecule has 4 N–H and O–H groups in total. The summed E-state index contributed by atoms with van der Waals surface area (Å²) in [5.41, 5.74) is 6.33. The van der Waals surface area contributed by atoms with Crippen molar-refractivity contribution in [2.45, 2.75) is 26.7 Å². The van der Waals surface area contributed by atoms with Crippen LogP contribution < -0.4 is 16.4 Å². The molecule has 6 nitrogen and oxygen atoms in total. The second-order valence-corrected chi connectivity index (χ2v) is 4.83. The average molecular weight is 293 g/mol. The lowest BCUT2D eigenvalue weighted by Crippen LogP contribution is -2.28. The maximum Gasteiger partial charge on any atom is 0.225 e. The molecule has 118 valence electrons. The number of carbonyl (C=O) groups is 1. The summed E-state index contributed by atoms with van der Waals surface area (Å²) >= 11 is 0. The van der Waals surface area contributed by atoms with Gasteiger partial charge in [-0.05, 0) is 38.2 Å². The molecule has 0 saturated carbocycles. The highest BCUT2D eigenvalue weighted by molar-refractivity contribution is 5.89. The first kappa shape index (κ1) is 17.4. The minimum atomic E-state index is -0.0461. The van der Waals surface area contributed by atoms with Gasteiger partial charge in [0.25, 0.3) is 0 Å². The Morgan fingerprint density at radius 3 is 2.67 bits per heavy atom. The maximum absolute atomic E-state index is 11.5. The summed E-state index contributed by atoms with van der Waals surface area (Å²) in [6, 6.07) is 3.73. The second-order valence-electron chi connectivity index (χ2n) is 4.83. The third-order valence-electron chi connectivity index (χ3n) is 3.29. The molecule has 1 aromatic heterocycles. The lowest BCUT2D eigenvalue weighted by Gasteiger charge is -2.18. The zero-order valence-corrected chi connectivity index (χ0v) is 13.1. The Morgan fingerprint density at radius 2 is 2.10 bits per heavy atom. The number of nitrogens with zero attached hydrogens (tertiary/aromatic N) is 2. The zero-order valence-electron chi connectivity index (χ0n) is 13.1. The van der Waals surface area contributed by atoms with Crippen molar-refractivity contribution < 1.29 is 4.79 Å². The van der Waals surface area contributed by atoms with Crippen LogP contribution in [0.25, 0.3) is 0 Å². The van der Waals surface area contributed by atoms with Crippen LogP contribution >= 0.6 is 0 Å². The summed E-state index contributed by atoms with van der Waals surface area (Å²) < 4.78 is 0. The van der Waals surface area contributed by atoms with Gasteiger partial charge in [-0.25, -0.2) is 4.98 Å². The average Bonchev–Trinajstić information content (AvgIpc) is 2.51. The van der Waals surface area contributed by atoms with Gasteiger partial charge < -0.3 is 21.3 Å². The van der Waals surface area contributed by atoms with Crippen molar-refractivity contribution in [3.05, 3.63) is 18.3 Å². The van der Waals surface area contributed by atoms with Crippen molar-refractivity contribution >= 4 is 17.4 Å². The zero-order chi connectivity index (χ0) is 15.5. The molecular formula is C15H27N5O. The number of hydrogen-bond donors (Lipinski definition) is 3. The van der Waals surface area contributed by atoms with Gasteiger partial charge in [0, 0.05) is 19.5 Å². The Hall–Kier alpha value is -1.66. The van der Waals surface area contributed by atoms with Gasteiger partial charge in [-0.3, -0.25) is 4.79 Å². The molecular weight excluding hydrogens is 266 g/mol. The van der Waals surface area contributed by atoms with E-state index in [1.54, 1.807) is 12.3 Å². The van der Waals surface area contributed by atoms with Crippen molar-refractivity contribution in [3.8, 4) is 0 Å². The van der Waals surface area contributed by atoms with Crippen LogP contribution in [-0.4, -0.2) is 48.5 Å². The van der Waals surface area contributed by atoms with Gasteiger partial charge in [-0.2, -0.15) is 0 Å². The number of hydrogen-bond acceptors (Lipinski definition) is 5. The predicted octanol–water partition coefficient (Wildman–Crippen LogP) is 1.51. The fourth-order valence-electron chi connectivity index (χ4n) is 1.94. The molecule has 1 amide bonds. The lowest BCUT2D eigenvalue weighted by molar-refractivity contribution is -0.116. The molecule has 0 aromatic carbocycles. The van der Waals surface area contributed by atoms with E-state index in [0.29, 0.717) is 25.2 Å². The number of rotatable bonds is 10. The Balaban J connectivity index is 2.34. The highest BCUT2D eigenvalue weighted by Gasteiger charge is 2.03. The van der Waals surface area contributed by atoms with Crippen LogP contribution in [0, 0.1) is 0 Å². The van der Waals surface area contributed by atoms with E-state index in [-0.39, 0.29) is 5.91 Å². The molecule has 0 aliphatic carbocycles. The topological polar surface area (TPSA) is 83.3 Å². The number of nitrogens with two attached hydrogens (primary N) is 1. The molecule has 21 heavy (non-hydrogen) atoms. The summed E-state index contributed by atoms with van der Waals surface area (Å²) in [5.74, 6) is 0.529. The van der Waals surface area contributed by atoms with Gasteiger partial charge in [-0.1, -0.05) is 13.8 Å². The fourth-order valence-corrected chi connectivity index (χ4v) is 1.94. The SMILES string of the molecule is CCN(CC)CCNc1ccc(NC(=O)CCCN)nc1. The van der Waals surface area contributed by atoms with Crippen LogP contribution in [0.1, 0.15) is 26.7 Å². The molecule has 0 aliphatic heterocycles. The number of likely N-dealkylation sites (N-methyl/N-ethyl adjacent to an activating group) is 1. The van der Waals surface area contributed by atoms with Gasteiger partial charge >= 0.3 is 0 Å². The van der Waals surface area contributed by atoms with Crippen molar-refractivity contribution in [3.63, 3.8) is 0 Å². The number of amides is 1. The van der Waals surface area contributed by atoms with E-state index >= 15 is 0 Å². The van der Waals surface area contributed by atoms with Crippen molar-refractivity contribution in [1.82, 2.24) is 9.88 Å². The van der Waals surface area contributed by atoms with Crippen molar-refractivity contribution in [2.24, 2.45) is 5.73 Å². The van der Waals surface area contributed by atoms with Crippen molar-refractivity contribution in [1.29, 1.82) is 0 Å². The van der Waals surface area contributed by atoms with Crippen LogP contribution in [0.5, 0.6) is 0 Å². The molecule has 0 saturated heterocycles. The normalized spacial score (nSPS) is 10.7. The van der Waals surface area contributed by atoms with Gasteiger partial charge in [-0.15, -0.1) is 0 Å². The quantitative estimate of drug-likeness (QED) is 0.609. The lowest BCUT2D eigenvalue weighted by atomic mass is 10.3. The second kappa shape index (κ2) is 10.1. The Morgan fingerprint density at radius 1 is 1.33 bits per heavy atom. The van der Waals surface area contributed by atoms with Crippen LogP contribution in [0.3, 0.4) is 0 Å². The molecule has 0 radical (unpaired) electrons. The third kappa shape index (κ3) is 7.06. The Labute approximate surface area is 127 Å². The van der Waals surface area contributed by atoms with E-state index in [1.807, 2.05) is 6.07 Å². The van der Waals surface area contributed by atoms with Gasteiger partial charge in [0.05, 0.1) is 11.9 Å². The molecule has 1 aromatic rings. The number of anilines is 2. The fraction of sp³-hybridized carbons (Fsp3) is 0.600. The number of pyridine rings is 1. The monoisotopic (exact) mass is 293 g/mol. The summed E-state index contributed by atoms with van der Waals surface area (Å²) in [6.07, 6.45) is 2.86. The highest BCUT2D eigenvalue weighted by atomic mass is 16.1. The first-order chi connectivity index (χ1) is 10.2. The van der Waals surface area contributed by atoms with E-state index in [0.717, 1.165) is 31.9 Å². The molecule has 6 heteroatoms. The number of carbonyl (C=O) groups excluding carboxylic acids is 1. The Kier molecular flexibility index (Phi) is 8.38. The van der Waals surface area contributed by atoms with Crippen LogP contribution in [0.2, 0.25) is 0 Å². The third-order valence-corrected chi connectivity index (χ3v) is 3.29. The number of aromatic nitrogens is 1. The molecule has 0 aliphatic rings. The maximum atomic E-state index is 11.5. The number of nitrogens with one attached hydrogen (secondary N) is 2. The summed E-state index contributed by atoms with van der Waals surface area (Å²) in [7, 11) is 0. The summed E-state index contributed by atoms with van der Waals surface area (Å²) in [4.78, 5) is 18.1. The smallest absolute Gasteiger partial charge is 0.225 e. The first-order valence-corrected chi connectivity index (χ1v) is 7.61. The van der Waals surface area contributed by atoms with Crippen LogP contribution in [0.4, 0.5) is 11.5 Å². The minimum Gasteiger partial charge on any atom is -0.383 e. The predicted molar refractivity (Wildman–Crippen MR) is 87.4 cm³/mol.